The van der Waals surface area contributed by atoms with E-state index in [1.807, 2.05) is 6.92 Å². The predicted molar refractivity (Wildman–Crippen MR) is 119 cm³/mol. The van der Waals surface area contributed by atoms with E-state index in [2.05, 4.69) is 44.7 Å². The summed E-state index contributed by atoms with van der Waals surface area (Å²) in [6.45, 7) is 10.5. The lowest BCUT2D eigenvalue weighted by atomic mass is 9.61. The van der Waals surface area contributed by atoms with Crippen LogP contribution in [0.3, 0.4) is 0 Å². The van der Waals surface area contributed by atoms with E-state index in [9.17, 15) is 15.3 Å². The maximum atomic E-state index is 10.1. The van der Waals surface area contributed by atoms with E-state index in [1.54, 1.807) is 5.57 Å². The molecule has 3 N–H and O–H groups in total. The average molecular weight is 401 g/mol. The summed E-state index contributed by atoms with van der Waals surface area (Å²) in [5.74, 6) is 1.87. The lowest BCUT2D eigenvalue weighted by Gasteiger charge is -2.44. The summed E-state index contributed by atoms with van der Waals surface area (Å²) in [4.78, 5) is 0. The fourth-order valence-electron chi connectivity index (χ4n) is 6.19. The Morgan fingerprint density at radius 3 is 2.48 bits per heavy atom. The summed E-state index contributed by atoms with van der Waals surface area (Å²) in [5.41, 5.74) is 3.58. The van der Waals surface area contributed by atoms with Crippen molar-refractivity contribution in [3.8, 4) is 0 Å². The molecule has 0 bridgehead atoms. The Morgan fingerprint density at radius 2 is 1.83 bits per heavy atom. The quantitative estimate of drug-likeness (QED) is 0.563. The molecule has 0 spiro atoms. The van der Waals surface area contributed by atoms with Crippen LogP contribution in [0.2, 0.25) is 0 Å². The van der Waals surface area contributed by atoms with Crippen molar-refractivity contribution in [1.82, 2.24) is 0 Å². The van der Waals surface area contributed by atoms with Gasteiger partial charge in [-0.3, -0.25) is 0 Å². The topological polar surface area (TPSA) is 60.7 Å². The van der Waals surface area contributed by atoms with Gasteiger partial charge in [0, 0.05) is 0 Å². The Bertz CT molecular complexity index is 670. The van der Waals surface area contributed by atoms with Crippen molar-refractivity contribution in [2.75, 3.05) is 0 Å². The highest BCUT2D eigenvalue weighted by molar-refractivity contribution is 5.29. The number of aliphatic hydroxyl groups excluding tert-OH is 3. The van der Waals surface area contributed by atoms with Crippen LogP contribution >= 0.6 is 0 Å². The van der Waals surface area contributed by atoms with Crippen LogP contribution in [0.4, 0.5) is 0 Å². The smallest absolute Gasteiger partial charge is 0.0809 e. The van der Waals surface area contributed by atoms with Crippen LogP contribution in [0.1, 0.15) is 72.1 Å². The zero-order chi connectivity index (χ0) is 21.2. The van der Waals surface area contributed by atoms with Crippen LogP contribution in [0.25, 0.3) is 0 Å². The van der Waals surface area contributed by atoms with Crippen molar-refractivity contribution in [2.45, 2.75) is 90.4 Å². The van der Waals surface area contributed by atoms with Crippen molar-refractivity contribution in [1.29, 1.82) is 0 Å². The fraction of sp³-hybridized carbons (Fsp3) is 0.692. The molecule has 0 aromatic heterocycles. The molecule has 3 saturated carbocycles. The third kappa shape index (κ3) is 4.95. The molecule has 3 fully saturated rings. The summed E-state index contributed by atoms with van der Waals surface area (Å²) >= 11 is 0. The first-order valence-corrected chi connectivity index (χ1v) is 11.5. The first-order valence-electron chi connectivity index (χ1n) is 11.5. The van der Waals surface area contributed by atoms with Crippen LogP contribution in [0, 0.1) is 23.2 Å². The highest BCUT2D eigenvalue weighted by atomic mass is 16.3. The molecule has 7 atom stereocenters. The van der Waals surface area contributed by atoms with Crippen LogP contribution in [0.5, 0.6) is 0 Å². The minimum atomic E-state index is -0.620. The maximum Gasteiger partial charge on any atom is 0.0809 e. The van der Waals surface area contributed by atoms with Gasteiger partial charge in [-0.15, -0.1) is 0 Å². The van der Waals surface area contributed by atoms with Crippen LogP contribution < -0.4 is 0 Å². The number of allylic oxidation sites excluding steroid dienone is 4. The van der Waals surface area contributed by atoms with E-state index in [0.29, 0.717) is 41.6 Å². The molecule has 3 nitrogen and oxygen atoms in total. The molecular formula is C26H40O3. The van der Waals surface area contributed by atoms with Crippen LogP contribution in [-0.4, -0.2) is 33.6 Å². The number of aliphatic hydroxyl groups is 3. The number of hydrogen-bond acceptors (Lipinski definition) is 3. The van der Waals surface area contributed by atoms with E-state index in [4.69, 9.17) is 0 Å². The maximum absolute atomic E-state index is 10.1. The van der Waals surface area contributed by atoms with Gasteiger partial charge in [0.05, 0.1) is 18.3 Å². The van der Waals surface area contributed by atoms with E-state index in [-0.39, 0.29) is 6.10 Å². The molecule has 29 heavy (non-hydrogen) atoms. The molecule has 0 saturated heterocycles. The second-order valence-corrected chi connectivity index (χ2v) is 10.0. The van der Waals surface area contributed by atoms with Gasteiger partial charge in [-0.05, 0) is 87.0 Å². The minimum Gasteiger partial charge on any atom is -0.393 e. The molecule has 0 aliphatic heterocycles. The Balaban J connectivity index is 1.72. The summed E-state index contributed by atoms with van der Waals surface area (Å²) in [6.07, 6.45) is 15.6. The van der Waals surface area contributed by atoms with Gasteiger partial charge >= 0.3 is 0 Å². The summed E-state index contributed by atoms with van der Waals surface area (Å²) < 4.78 is 0. The molecule has 0 heterocycles. The standard InChI is InChI=1S/C26H40O3/c1-17(7-5-8-18(2)27)22-12-13-23-21(9-6-14-26(22,23)4)11-10-20-15-24(28)19(3)25(29)16-20/h5,7,10-11,17-18,22-25,27-29H,3,6,8-9,12-16H2,1-2,4H3/b7-5+,21-11+/t17-,18-,22?,23+,24-,25-,26-/m1/s1. The van der Waals surface area contributed by atoms with Crippen LogP contribution in [0.15, 0.2) is 47.6 Å². The van der Waals surface area contributed by atoms with Gasteiger partial charge in [0.25, 0.3) is 0 Å². The van der Waals surface area contributed by atoms with Gasteiger partial charge in [-0.25, -0.2) is 0 Å². The molecular weight excluding hydrogens is 360 g/mol. The molecule has 162 valence electrons. The Hall–Kier alpha value is -1.16. The van der Waals surface area contributed by atoms with Gasteiger partial charge in [-0.2, -0.15) is 0 Å². The average Bonchev–Trinajstić information content (AvgIpc) is 3.01. The zero-order valence-electron chi connectivity index (χ0n) is 18.5. The molecule has 1 unspecified atom stereocenters. The first kappa shape index (κ1) is 22.5. The van der Waals surface area contributed by atoms with Gasteiger partial charge in [0.15, 0.2) is 0 Å². The van der Waals surface area contributed by atoms with Gasteiger partial charge in [0.2, 0.25) is 0 Å². The molecule has 3 rings (SSSR count). The summed E-state index contributed by atoms with van der Waals surface area (Å²) in [6, 6.07) is 0. The highest BCUT2D eigenvalue weighted by Crippen LogP contribution is 2.59. The van der Waals surface area contributed by atoms with Crippen molar-refractivity contribution in [3.05, 3.63) is 47.6 Å². The van der Waals surface area contributed by atoms with Crippen molar-refractivity contribution in [2.24, 2.45) is 23.2 Å². The molecule has 3 heteroatoms. The molecule has 0 aromatic rings. The normalized spacial score (nSPS) is 39.0. The molecule has 3 aliphatic carbocycles. The van der Waals surface area contributed by atoms with Gasteiger partial charge < -0.3 is 15.3 Å². The third-order valence-corrected chi connectivity index (χ3v) is 7.89. The monoisotopic (exact) mass is 400 g/mol. The molecule has 3 aliphatic rings. The second kappa shape index (κ2) is 9.32. The summed E-state index contributed by atoms with van der Waals surface area (Å²) in [5, 5.41) is 29.7. The van der Waals surface area contributed by atoms with Crippen molar-refractivity contribution in [3.63, 3.8) is 0 Å². The zero-order valence-corrected chi connectivity index (χ0v) is 18.5. The van der Waals surface area contributed by atoms with E-state index in [1.165, 1.54) is 32.1 Å². The molecule has 0 amide bonds. The SMILES string of the molecule is C=C1[C@H](O)CC(=C/C=C2\CCC[C@]3(C)C([C@H](C)/C=C/C[C@@H](C)O)CC[C@@H]23)C[C@H]1O. The lowest BCUT2D eigenvalue weighted by molar-refractivity contribution is 0.112. The third-order valence-electron chi connectivity index (χ3n) is 7.89. The highest BCUT2D eigenvalue weighted by Gasteiger charge is 2.50. The first-order chi connectivity index (χ1) is 13.7. The van der Waals surface area contributed by atoms with Crippen molar-refractivity contribution >= 4 is 0 Å². The predicted octanol–water partition coefficient (Wildman–Crippen LogP) is 5.09. The number of hydrogen-bond donors (Lipinski definition) is 3. The number of fused-ring (bicyclic) bond motifs is 1. The van der Waals surface area contributed by atoms with Gasteiger partial charge in [0.1, 0.15) is 0 Å². The van der Waals surface area contributed by atoms with E-state index in [0.717, 1.165) is 12.0 Å². The lowest BCUT2D eigenvalue weighted by Crippen LogP contribution is -2.35. The molecule has 0 radical (unpaired) electrons. The molecule has 0 aromatic carbocycles. The van der Waals surface area contributed by atoms with E-state index < -0.39 is 12.2 Å². The fourth-order valence-corrected chi connectivity index (χ4v) is 6.19. The van der Waals surface area contributed by atoms with Crippen LogP contribution in [-0.2, 0) is 0 Å². The Kier molecular flexibility index (Phi) is 7.24. The second-order valence-electron chi connectivity index (χ2n) is 10.0. The Labute approximate surface area is 176 Å². The minimum absolute atomic E-state index is 0.267. The van der Waals surface area contributed by atoms with Crippen molar-refractivity contribution < 1.29 is 15.3 Å². The van der Waals surface area contributed by atoms with Gasteiger partial charge in [-0.1, -0.05) is 55.9 Å². The van der Waals surface area contributed by atoms with E-state index >= 15 is 0 Å². The number of rotatable bonds is 5. The largest absolute Gasteiger partial charge is 0.393 e. The summed E-state index contributed by atoms with van der Waals surface area (Å²) in [7, 11) is 0. The Morgan fingerprint density at radius 1 is 1.14 bits per heavy atom.